The van der Waals surface area contributed by atoms with Crippen molar-refractivity contribution in [3.63, 3.8) is 0 Å². The maximum atomic E-state index is 14.0. The summed E-state index contributed by atoms with van der Waals surface area (Å²) >= 11 is 1.20. The molecule has 0 spiro atoms. The molecule has 0 saturated carbocycles. The van der Waals surface area contributed by atoms with Crippen LogP contribution >= 0.6 is 11.3 Å². The van der Waals surface area contributed by atoms with E-state index in [1.807, 2.05) is 0 Å². The van der Waals surface area contributed by atoms with Crippen LogP contribution in [0.2, 0.25) is 0 Å². The lowest BCUT2D eigenvalue weighted by Gasteiger charge is -2.25. The van der Waals surface area contributed by atoms with Gasteiger partial charge in [-0.15, -0.1) is 0 Å². The molecule has 1 N–H and O–H groups in total. The van der Waals surface area contributed by atoms with Gasteiger partial charge in [-0.2, -0.15) is 0 Å². The zero-order chi connectivity index (χ0) is 33.0. The Balaban J connectivity index is 1.54. The van der Waals surface area contributed by atoms with Gasteiger partial charge in [-0.25, -0.2) is 14.6 Å². The van der Waals surface area contributed by atoms with Crippen LogP contribution in [0.1, 0.15) is 46.9 Å². The molecule has 0 bridgehead atoms. The fourth-order valence-electron chi connectivity index (χ4n) is 5.13. The van der Waals surface area contributed by atoms with Crippen LogP contribution in [0.15, 0.2) is 81.7 Å². The van der Waals surface area contributed by atoms with Gasteiger partial charge in [-0.05, 0) is 73.0 Å². The molecule has 46 heavy (non-hydrogen) atoms. The molecule has 0 unspecified atom stereocenters. The number of allylic oxidation sites excluding steroid dienone is 1. The van der Waals surface area contributed by atoms with Crippen LogP contribution in [-0.2, 0) is 16.1 Å². The van der Waals surface area contributed by atoms with Gasteiger partial charge in [-0.3, -0.25) is 9.36 Å². The smallest absolute Gasteiger partial charge is 0.338 e. The van der Waals surface area contributed by atoms with Crippen LogP contribution in [0.5, 0.6) is 23.0 Å². The molecule has 0 aliphatic carbocycles. The number of carbonyl (C=O) groups is 2. The number of carboxylic acids is 1. The van der Waals surface area contributed by atoms with Crippen LogP contribution in [0.25, 0.3) is 6.08 Å². The molecule has 0 fully saturated rings. The summed E-state index contributed by atoms with van der Waals surface area (Å²) < 4.78 is 29.7. The summed E-state index contributed by atoms with van der Waals surface area (Å²) in [6.07, 6.45) is 1.72. The lowest BCUT2D eigenvalue weighted by atomic mass is 9.95. The number of carbonyl (C=O) groups excluding carboxylic acids is 1. The highest BCUT2D eigenvalue weighted by atomic mass is 32.1. The number of carboxylic acid groups (broad SMARTS) is 1. The minimum Gasteiger partial charge on any atom is -0.493 e. The van der Waals surface area contributed by atoms with E-state index in [1.54, 1.807) is 74.5 Å². The second-order valence-corrected chi connectivity index (χ2v) is 11.1. The molecule has 1 atom stereocenters. The van der Waals surface area contributed by atoms with E-state index in [0.717, 1.165) is 0 Å². The number of nitrogens with zero attached hydrogens (tertiary/aromatic N) is 2. The van der Waals surface area contributed by atoms with Crippen LogP contribution in [0, 0.1) is 0 Å². The maximum Gasteiger partial charge on any atom is 0.338 e. The first-order valence-corrected chi connectivity index (χ1v) is 15.0. The van der Waals surface area contributed by atoms with Crippen molar-refractivity contribution in [1.82, 2.24) is 4.57 Å². The average Bonchev–Trinajstić information content (AvgIpc) is 3.36. The van der Waals surface area contributed by atoms with E-state index in [-0.39, 0.29) is 29.9 Å². The molecule has 2 heterocycles. The van der Waals surface area contributed by atoms with Crippen molar-refractivity contribution in [3.05, 3.63) is 114 Å². The number of esters is 1. The number of fused-ring (bicyclic) bond motifs is 1. The minimum absolute atomic E-state index is 0.133. The van der Waals surface area contributed by atoms with E-state index >= 15 is 0 Å². The Morgan fingerprint density at radius 3 is 2.37 bits per heavy atom. The van der Waals surface area contributed by atoms with E-state index in [9.17, 15) is 19.5 Å². The third kappa shape index (κ3) is 6.38. The van der Waals surface area contributed by atoms with Gasteiger partial charge in [-0.1, -0.05) is 35.6 Å². The highest BCUT2D eigenvalue weighted by molar-refractivity contribution is 7.07. The molecule has 11 nitrogen and oxygen atoms in total. The second kappa shape index (κ2) is 13.7. The number of hydrogen-bond acceptors (Lipinski definition) is 10. The largest absolute Gasteiger partial charge is 0.493 e. The van der Waals surface area contributed by atoms with Crippen molar-refractivity contribution >= 4 is 29.4 Å². The first-order chi connectivity index (χ1) is 22.2. The van der Waals surface area contributed by atoms with E-state index in [2.05, 4.69) is 4.99 Å². The van der Waals surface area contributed by atoms with Crippen molar-refractivity contribution in [2.45, 2.75) is 26.5 Å². The molecule has 0 amide bonds. The summed E-state index contributed by atoms with van der Waals surface area (Å²) in [6.45, 7) is 3.73. The van der Waals surface area contributed by atoms with Crippen molar-refractivity contribution in [1.29, 1.82) is 0 Å². The predicted molar refractivity (Wildman–Crippen MR) is 171 cm³/mol. The van der Waals surface area contributed by atoms with E-state index < -0.39 is 18.0 Å². The lowest BCUT2D eigenvalue weighted by molar-refractivity contribution is -0.139. The summed E-state index contributed by atoms with van der Waals surface area (Å²) in [5, 5.41) is 9.26. The summed E-state index contributed by atoms with van der Waals surface area (Å²) in [7, 11) is 4.55. The van der Waals surface area contributed by atoms with E-state index in [0.29, 0.717) is 54.7 Å². The Morgan fingerprint density at radius 1 is 0.957 bits per heavy atom. The fourth-order valence-corrected chi connectivity index (χ4v) is 6.18. The van der Waals surface area contributed by atoms with Crippen LogP contribution in [0.4, 0.5) is 0 Å². The molecule has 4 aromatic rings. The van der Waals surface area contributed by atoms with Gasteiger partial charge >= 0.3 is 11.9 Å². The number of rotatable bonds is 11. The molecule has 1 aromatic heterocycles. The molecule has 0 saturated heterocycles. The van der Waals surface area contributed by atoms with Crippen molar-refractivity contribution < 1.29 is 38.4 Å². The van der Waals surface area contributed by atoms with Crippen molar-refractivity contribution in [3.8, 4) is 23.0 Å². The number of hydrogen-bond donors (Lipinski definition) is 1. The van der Waals surface area contributed by atoms with Gasteiger partial charge in [0.05, 0.1) is 55.3 Å². The van der Waals surface area contributed by atoms with Gasteiger partial charge in [0.25, 0.3) is 5.56 Å². The third-order valence-corrected chi connectivity index (χ3v) is 8.28. The summed E-state index contributed by atoms with van der Waals surface area (Å²) in [6, 6.07) is 16.2. The number of aromatic nitrogens is 1. The monoisotopic (exact) mass is 644 g/mol. The van der Waals surface area contributed by atoms with E-state index in [1.165, 1.54) is 43.3 Å². The molecular weight excluding hydrogens is 612 g/mol. The van der Waals surface area contributed by atoms with Crippen LogP contribution in [-0.4, -0.2) is 49.5 Å². The van der Waals surface area contributed by atoms with Crippen molar-refractivity contribution in [2.24, 2.45) is 4.99 Å². The lowest BCUT2D eigenvalue weighted by Crippen LogP contribution is -2.39. The van der Waals surface area contributed by atoms with Gasteiger partial charge in [0.2, 0.25) is 0 Å². The Morgan fingerprint density at radius 2 is 1.67 bits per heavy atom. The third-order valence-electron chi connectivity index (χ3n) is 7.29. The highest BCUT2D eigenvalue weighted by Gasteiger charge is 2.34. The number of ether oxygens (including phenoxy) is 5. The van der Waals surface area contributed by atoms with Gasteiger partial charge in [0.1, 0.15) is 6.61 Å². The second-order valence-electron chi connectivity index (χ2n) is 10.1. The van der Waals surface area contributed by atoms with Crippen molar-refractivity contribution in [2.75, 3.05) is 27.9 Å². The van der Waals surface area contributed by atoms with Gasteiger partial charge < -0.3 is 28.8 Å². The predicted octanol–water partition coefficient (Wildman–Crippen LogP) is 4.10. The molecule has 238 valence electrons. The molecule has 1 aliphatic heterocycles. The first-order valence-electron chi connectivity index (χ1n) is 14.2. The number of methoxy groups -OCH3 is 3. The Hall–Kier alpha value is -5.36. The van der Waals surface area contributed by atoms with Crippen LogP contribution in [0.3, 0.4) is 0 Å². The van der Waals surface area contributed by atoms with Crippen LogP contribution < -0.4 is 33.8 Å². The average molecular weight is 645 g/mol. The quantitative estimate of drug-likeness (QED) is 0.240. The normalized spacial score (nSPS) is 14.3. The molecular formula is C34H32N2O9S. The zero-order valence-corrected chi connectivity index (χ0v) is 26.7. The summed E-state index contributed by atoms with van der Waals surface area (Å²) in [4.78, 5) is 43.6. The Labute approximate surface area is 268 Å². The molecule has 1 aliphatic rings. The Bertz CT molecular complexity index is 2030. The number of aromatic carboxylic acids is 1. The fraction of sp³-hybridized carbons (Fsp3) is 0.235. The topological polar surface area (TPSA) is 135 Å². The zero-order valence-electron chi connectivity index (χ0n) is 25.9. The van der Waals surface area contributed by atoms with Gasteiger partial charge in [0, 0.05) is 0 Å². The molecule has 0 radical (unpaired) electrons. The number of thiazole rings is 1. The minimum atomic E-state index is -1.02. The summed E-state index contributed by atoms with van der Waals surface area (Å²) in [5.74, 6) is 0.255. The SMILES string of the molecule is CCOC(=O)C1=C(C)N=c2s/c(=C\c3ccc(OCc4cccc(C(=O)O)c4)c(OC)c3)c(=O)n2[C@@H]1c1ccc(OC)c(OC)c1. The standard InChI is InChI=1S/C34H32N2O9S/c1-6-44-33(40)29-19(2)35-34-36(30(29)22-11-13-24(41-3)27(17-22)43-5)31(37)28(46-34)16-20-10-12-25(26(15-20)42-4)45-18-21-8-7-9-23(14-21)32(38)39/h7-17,30H,6,18H2,1-5H3,(H,38,39)/b28-16-/t30-/m1/s1. The molecule has 3 aromatic carbocycles. The van der Waals surface area contributed by atoms with Gasteiger partial charge in [0.15, 0.2) is 27.8 Å². The summed E-state index contributed by atoms with van der Waals surface area (Å²) in [5.41, 5.74) is 2.52. The maximum absolute atomic E-state index is 14.0. The Kier molecular flexibility index (Phi) is 9.57. The first kappa shape index (κ1) is 32.0. The highest BCUT2D eigenvalue weighted by Crippen LogP contribution is 2.36. The molecule has 12 heteroatoms. The number of benzene rings is 3. The van der Waals surface area contributed by atoms with E-state index in [4.69, 9.17) is 23.7 Å². The molecule has 5 rings (SSSR count).